The molecule has 0 spiro atoms. The minimum absolute atomic E-state index is 0.0232. The van der Waals surface area contributed by atoms with E-state index in [1.165, 1.54) is 11.3 Å². The summed E-state index contributed by atoms with van der Waals surface area (Å²) in [6, 6.07) is 5.70. The molecule has 27 heavy (non-hydrogen) atoms. The summed E-state index contributed by atoms with van der Waals surface area (Å²) < 4.78 is 5.45. The van der Waals surface area contributed by atoms with E-state index in [1.807, 2.05) is 25.1 Å². The molecule has 1 aliphatic heterocycles. The number of nitrogens with zero attached hydrogens (tertiary/aromatic N) is 2. The Morgan fingerprint density at radius 3 is 2.96 bits per heavy atom. The molecule has 0 radical (unpaired) electrons. The van der Waals surface area contributed by atoms with Crippen molar-refractivity contribution >= 4 is 34.5 Å². The molecule has 5 nitrogen and oxygen atoms in total. The fourth-order valence-electron chi connectivity index (χ4n) is 3.36. The summed E-state index contributed by atoms with van der Waals surface area (Å²) in [6.45, 7) is 7.81. The molecule has 7 heteroatoms. The van der Waals surface area contributed by atoms with Gasteiger partial charge in [0.1, 0.15) is 10.6 Å². The summed E-state index contributed by atoms with van der Waals surface area (Å²) >= 11 is 7.66. The van der Waals surface area contributed by atoms with Crippen LogP contribution in [0, 0.1) is 12.8 Å². The summed E-state index contributed by atoms with van der Waals surface area (Å²) in [4.78, 5) is 20.2. The standard InChI is InChI=1S/C20H26ClN3O2S/c1-12(2)9-18-22-13(3)19(27-18)20(25)23-15-7-8-24(11-15)16-10-14(21)5-6-17(16)26-4/h5-6,10,12,15H,7-9,11H2,1-4H3,(H,23,25). The first kappa shape index (κ1) is 20.0. The highest BCUT2D eigenvalue weighted by Gasteiger charge is 2.27. The number of aryl methyl sites for hydroxylation is 1. The number of benzene rings is 1. The van der Waals surface area contributed by atoms with Gasteiger partial charge in [-0.15, -0.1) is 11.3 Å². The van der Waals surface area contributed by atoms with Crippen molar-refractivity contribution in [2.75, 3.05) is 25.1 Å². The first-order valence-corrected chi connectivity index (χ1v) is 10.4. The lowest BCUT2D eigenvalue weighted by atomic mass is 10.1. The average Bonchev–Trinajstić information content (AvgIpc) is 3.20. The molecule has 1 fully saturated rings. The summed E-state index contributed by atoms with van der Waals surface area (Å²) in [5.41, 5.74) is 1.79. The number of thiazole rings is 1. The number of hydrogen-bond donors (Lipinski definition) is 1. The zero-order valence-electron chi connectivity index (χ0n) is 16.2. The lowest BCUT2D eigenvalue weighted by Gasteiger charge is -2.21. The van der Waals surface area contributed by atoms with Crippen LogP contribution in [0.5, 0.6) is 5.75 Å². The van der Waals surface area contributed by atoms with E-state index in [1.54, 1.807) is 7.11 Å². The van der Waals surface area contributed by atoms with Gasteiger partial charge in [0.25, 0.3) is 5.91 Å². The van der Waals surface area contributed by atoms with Crippen LogP contribution in [0.1, 0.15) is 40.6 Å². The number of ether oxygens (including phenoxy) is 1. The number of amides is 1. The number of aromatic nitrogens is 1. The summed E-state index contributed by atoms with van der Waals surface area (Å²) in [6.07, 6.45) is 1.79. The molecule has 3 rings (SSSR count). The van der Waals surface area contributed by atoms with E-state index in [-0.39, 0.29) is 11.9 Å². The van der Waals surface area contributed by atoms with Gasteiger partial charge in [-0.2, -0.15) is 0 Å². The van der Waals surface area contributed by atoms with Gasteiger partial charge in [-0.1, -0.05) is 25.4 Å². The molecule has 1 amide bonds. The second-order valence-corrected chi connectivity index (χ2v) is 8.86. The van der Waals surface area contributed by atoms with Crippen LogP contribution in [-0.2, 0) is 6.42 Å². The van der Waals surface area contributed by atoms with E-state index in [2.05, 4.69) is 29.0 Å². The fourth-order valence-corrected chi connectivity index (χ4v) is 4.70. The van der Waals surface area contributed by atoms with Crippen LogP contribution in [-0.4, -0.2) is 37.1 Å². The molecule has 0 aliphatic carbocycles. The highest BCUT2D eigenvalue weighted by atomic mass is 35.5. The highest BCUT2D eigenvalue weighted by molar-refractivity contribution is 7.13. The van der Waals surface area contributed by atoms with E-state index in [4.69, 9.17) is 16.3 Å². The van der Waals surface area contributed by atoms with Gasteiger partial charge < -0.3 is 15.0 Å². The molecule has 1 aliphatic rings. The molecule has 1 atom stereocenters. The molecule has 0 bridgehead atoms. The Labute approximate surface area is 169 Å². The van der Waals surface area contributed by atoms with E-state index in [0.717, 1.165) is 52.9 Å². The third kappa shape index (κ3) is 4.74. The molecular weight excluding hydrogens is 382 g/mol. The zero-order valence-corrected chi connectivity index (χ0v) is 17.8. The normalized spacial score (nSPS) is 16.8. The van der Waals surface area contributed by atoms with Crippen molar-refractivity contribution in [3.63, 3.8) is 0 Å². The van der Waals surface area contributed by atoms with Gasteiger partial charge in [-0.05, 0) is 37.5 Å². The van der Waals surface area contributed by atoms with E-state index in [9.17, 15) is 4.79 Å². The number of anilines is 1. The van der Waals surface area contributed by atoms with Crippen molar-refractivity contribution in [3.05, 3.63) is 38.8 Å². The summed E-state index contributed by atoms with van der Waals surface area (Å²) in [7, 11) is 1.66. The monoisotopic (exact) mass is 407 g/mol. The molecule has 2 heterocycles. The van der Waals surface area contributed by atoms with Crippen LogP contribution in [0.15, 0.2) is 18.2 Å². The van der Waals surface area contributed by atoms with E-state index in [0.29, 0.717) is 10.9 Å². The van der Waals surface area contributed by atoms with Crippen molar-refractivity contribution in [2.45, 2.75) is 39.7 Å². The second kappa shape index (κ2) is 8.48. The van der Waals surface area contributed by atoms with Crippen LogP contribution in [0.2, 0.25) is 5.02 Å². The van der Waals surface area contributed by atoms with Gasteiger partial charge in [-0.3, -0.25) is 4.79 Å². The Balaban J connectivity index is 1.66. The van der Waals surface area contributed by atoms with Crippen molar-refractivity contribution in [2.24, 2.45) is 5.92 Å². The van der Waals surface area contributed by atoms with Crippen molar-refractivity contribution in [1.29, 1.82) is 0 Å². The molecule has 1 unspecified atom stereocenters. The fraction of sp³-hybridized carbons (Fsp3) is 0.500. The number of nitrogens with one attached hydrogen (secondary N) is 1. The van der Waals surface area contributed by atoms with Crippen molar-refractivity contribution in [3.8, 4) is 5.75 Å². The van der Waals surface area contributed by atoms with E-state index < -0.39 is 0 Å². The minimum Gasteiger partial charge on any atom is -0.495 e. The maximum atomic E-state index is 12.7. The molecule has 1 saturated heterocycles. The lowest BCUT2D eigenvalue weighted by molar-refractivity contribution is 0.0943. The number of rotatable bonds is 6. The van der Waals surface area contributed by atoms with Gasteiger partial charge >= 0.3 is 0 Å². The predicted octanol–water partition coefficient (Wildman–Crippen LogP) is 4.32. The van der Waals surface area contributed by atoms with E-state index >= 15 is 0 Å². The van der Waals surface area contributed by atoms with Crippen LogP contribution in [0.3, 0.4) is 0 Å². The van der Waals surface area contributed by atoms with Crippen LogP contribution in [0.4, 0.5) is 5.69 Å². The maximum Gasteiger partial charge on any atom is 0.263 e. The predicted molar refractivity (Wildman–Crippen MR) is 111 cm³/mol. The zero-order chi connectivity index (χ0) is 19.6. The molecule has 1 aromatic carbocycles. The third-order valence-electron chi connectivity index (χ3n) is 4.64. The van der Waals surface area contributed by atoms with Crippen molar-refractivity contribution < 1.29 is 9.53 Å². The molecular formula is C20H26ClN3O2S. The Hall–Kier alpha value is -1.79. The molecule has 2 aromatic rings. The number of carbonyl (C=O) groups excluding carboxylic acids is 1. The Bertz CT molecular complexity index is 822. The maximum absolute atomic E-state index is 12.7. The van der Waals surface area contributed by atoms with Gasteiger partial charge in [0, 0.05) is 30.6 Å². The quantitative estimate of drug-likeness (QED) is 0.774. The minimum atomic E-state index is -0.0232. The largest absolute Gasteiger partial charge is 0.495 e. The van der Waals surface area contributed by atoms with Gasteiger partial charge in [-0.25, -0.2) is 4.98 Å². The van der Waals surface area contributed by atoms with Crippen LogP contribution < -0.4 is 15.0 Å². The van der Waals surface area contributed by atoms with Gasteiger partial charge in [0.15, 0.2) is 0 Å². The first-order chi connectivity index (χ1) is 12.9. The summed E-state index contributed by atoms with van der Waals surface area (Å²) in [5, 5.41) is 4.88. The average molecular weight is 408 g/mol. The Kier molecular flexibility index (Phi) is 6.27. The molecule has 0 saturated carbocycles. The summed E-state index contributed by atoms with van der Waals surface area (Å²) in [5.74, 6) is 1.30. The van der Waals surface area contributed by atoms with Gasteiger partial charge in [0.2, 0.25) is 0 Å². The number of halogens is 1. The smallest absolute Gasteiger partial charge is 0.263 e. The number of methoxy groups -OCH3 is 1. The third-order valence-corrected chi connectivity index (χ3v) is 6.05. The number of carbonyl (C=O) groups is 1. The molecule has 146 valence electrons. The van der Waals surface area contributed by atoms with Crippen molar-refractivity contribution in [1.82, 2.24) is 10.3 Å². The lowest BCUT2D eigenvalue weighted by Crippen LogP contribution is -2.37. The number of hydrogen-bond acceptors (Lipinski definition) is 5. The molecule has 1 N–H and O–H groups in total. The highest BCUT2D eigenvalue weighted by Crippen LogP contribution is 2.33. The first-order valence-electron chi connectivity index (χ1n) is 9.23. The van der Waals surface area contributed by atoms with Gasteiger partial charge in [0.05, 0.1) is 23.5 Å². The Morgan fingerprint density at radius 1 is 1.48 bits per heavy atom. The van der Waals surface area contributed by atoms with Crippen LogP contribution >= 0.6 is 22.9 Å². The SMILES string of the molecule is COc1ccc(Cl)cc1N1CCC(NC(=O)c2sc(CC(C)C)nc2C)C1. The van der Waals surface area contributed by atoms with Crippen LogP contribution in [0.25, 0.3) is 0 Å². The molecule has 1 aromatic heterocycles. The Morgan fingerprint density at radius 2 is 2.26 bits per heavy atom. The second-order valence-electron chi connectivity index (χ2n) is 7.34. The topological polar surface area (TPSA) is 54.5 Å².